The second kappa shape index (κ2) is 4.81. The van der Waals surface area contributed by atoms with Crippen LogP contribution in [0.5, 0.6) is 0 Å². The van der Waals surface area contributed by atoms with Gasteiger partial charge in [0.05, 0.1) is 12.3 Å². The highest BCUT2D eigenvalue weighted by Crippen LogP contribution is 2.36. The summed E-state index contributed by atoms with van der Waals surface area (Å²) in [7, 11) is 0. The summed E-state index contributed by atoms with van der Waals surface area (Å²) in [6.07, 6.45) is 7.94. The lowest BCUT2D eigenvalue weighted by Crippen LogP contribution is -2.33. The molecule has 1 heterocycles. The first kappa shape index (κ1) is 10.7. The number of rotatable bonds is 4. The highest BCUT2D eigenvalue weighted by molar-refractivity contribution is 5.22. The minimum atomic E-state index is 0.279. The van der Waals surface area contributed by atoms with Gasteiger partial charge in [0.25, 0.3) is 0 Å². The topological polar surface area (TPSA) is 51.2 Å². The third kappa shape index (κ3) is 2.08. The fourth-order valence-corrected chi connectivity index (χ4v) is 2.69. The Bertz CT molecular complexity index is 302. The van der Waals surface area contributed by atoms with Crippen molar-refractivity contribution in [3.63, 3.8) is 0 Å². The van der Waals surface area contributed by atoms with E-state index in [0.29, 0.717) is 5.92 Å². The zero-order chi connectivity index (χ0) is 10.7. The first-order chi connectivity index (χ1) is 7.36. The minimum Gasteiger partial charge on any atom is -0.469 e. The Morgan fingerprint density at radius 1 is 1.53 bits per heavy atom. The maximum atomic E-state index is 5.68. The van der Waals surface area contributed by atoms with Crippen LogP contribution in [0.4, 0.5) is 0 Å². The molecule has 0 radical (unpaired) electrons. The Labute approximate surface area is 91.0 Å². The van der Waals surface area contributed by atoms with Crippen molar-refractivity contribution in [1.29, 1.82) is 0 Å². The van der Waals surface area contributed by atoms with Crippen molar-refractivity contribution in [2.24, 2.45) is 11.8 Å². The van der Waals surface area contributed by atoms with Gasteiger partial charge < -0.3 is 4.42 Å². The number of hydrazine groups is 1. The molecule has 15 heavy (non-hydrogen) atoms. The second-order valence-electron chi connectivity index (χ2n) is 4.34. The van der Waals surface area contributed by atoms with Gasteiger partial charge in [-0.2, -0.15) is 0 Å². The van der Waals surface area contributed by atoms with Gasteiger partial charge in [-0.05, 0) is 24.8 Å². The van der Waals surface area contributed by atoms with E-state index < -0.39 is 0 Å². The third-order valence-electron chi connectivity index (χ3n) is 3.49. The highest BCUT2D eigenvalue weighted by atomic mass is 16.3. The van der Waals surface area contributed by atoms with E-state index in [4.69, 9.17) is 10.3 Å². The first-order valence-electron chi connectivity index (χ1n) is 5.89. The maximum absolute atomic E-state index is 5.68. The molecule has 3 nitrogen and oxygen atoms in total. The summed E-state index contributed by atoms with van der Waals surface area (Å²) in [6, 6.07) is 2.34. The van der Waals surface area contributed by atoms with E-state index in [-0.39, 0.29) is 6.04 Å². The number of aryl methyl sites for hydroxylation is 1. The number of nitrogens with one attached hydrogen (secondary N) is 1. The van der Waals surface area contributed by atoms with Crippen LogP contribution in [0.3, 0.4) is 0 Å². The van der Waals surface area contributed by atoms with E-state index >= 15 is 0 Å². The van der Waals surface area contributed by atoms with Crippen LogP contribution in [0.2, 0.25) is 0 Å². The van der Waals surface area contributed by atoms with Gasteiger partial charge in [0, 0.05) is 12.0 Å². The summed E-state index contributed by atoms with van der Waals surface area (Å²) in [6.45, 7) is 2.12. The van der Waals surface area contributed by atoms with Crippen LogP contribution < -0.4 is 11.3 Å². The summed E-state index contributed by atoms with van der Waals surface area (Å²) >= 11 is 0. The summed E-state index contributed by atoms with van der Waals surface area (Å²) in [4.78, 5) is 0. The van der Waals surface area contributed by atoms with Crippen LogP contribution in [0, 0.1) is 5.92 Å². The lowest BCUT2D eigenvalue weighted by molar-refractivity contribution is 0.365. The molecular weight excluding hydrogens is 188 g/mol. The smallest absolute Gasteiger partial charge is 0.108 e. The van der Waals surface area contributed by atoms with Crippen LogP contribution in [-0.4, -0.2) is 0 Å². The lowest BCUT2D eigenvalue weighted by atomic mass is 9.92. The van der Waals surface area contributed by atoms with Crippen molar-refractivity contribution < 1.29 is 4.42 Å². The third-order valence-corrected chi connectivity index (χ3v) is 3.49. The van der Waals surface area contributed by atoms with Gasteiger partial charge in [-0.1, -0.05) is 19.8 Å². The van der Waals surface area contributed by atoms with Crippen LogP contribution in [0.25, 0.3) is 0 Å². The van der Waals surface area contributed by atoms with Crippen LogP contribution in [0.15, 0.2) is 16.7 Å². The van der Waals surface area contributed by atoms with Crippen molar-refractivity contribution in [3.05, 3.63) is 23.7 Å². The zero-order valence-corrected chi connectivity index (χ0v) is 9.33. The predicted molar refractivity (Wildman–Crippen MR) is 60.1 cm³/mol. The molecule has 0 amide bonds. The van der Waals surface area contributed by atoms with Crippen LogP contribution in [0.1, 0.15) is 50.0 Å². The van der Waals surface area contributed by atoms with Crippen molar-refractivity contribution in [2.45, 2.75) is 45.1 Å². The second-order valence-corrected chi connectivity index (χ2v) is 4.34. The van der Waals surface area contributed by atoms with Gasteiger partial charge >= 0.3 is 0 Å². The molecule has 1 atom stereocenters. The number of furan rings is 1. The van der Waals surface area contributed by atoms with Gasteiger partial charge in [0.15, 0.2) is 0 Å². The summed E-state index contributed by atoms with van der Waals surface area (Å²) in [5.41, 5.74) is 4.22. The van der Waals surface area contributed by atoms with Crippen molar-refractivity contribution in [2.75, 3.05) is 0 Å². The van der Waals surface area contributed by atoms with E-state index in [1.165, 1.54) is 31.2 Å². The summed E-state index contributed by atoms with van der Waals surface area (Å²) < 4.78 is 5.46. The Morgan fingerprint density at radius 3 is 2.87 bits per heavy atom. The molecule has 0 bridgehead atoms. The van der Waals surface area contributed by atoms with Gasteiger partial charge in [-0.3, -0.25) is 11.3 Å². The first-order valence-corrected chi connectivity index (χ1v) is 5.89. The standard InChI is InChI=1S/C12H20N2O/c1-2-11-10(7-8-15-11)12(14-13)9-5-3-4-6-9/h7-9,12,14H,2-6,13H2,1H3. The largest absolute Gasteiger partial charge is 0.469 e. The zero-order valence-electron chi connectivity index (χ0n) is 9.33. The van der Waals surface area contributed by atoms with Gasteiger partial charge in [-0.15, -0.1) is 0 Å². The molecule has 1 saturated carbocycles. The quantitative estimate of drug-likeness (QED) is 0.590. The molecule has 0 aliphatic heterocycles. The van der Waals surface area contributed by atoms with Crippen molar-refractivity contribution in [1.82, 2.24) is 5.43 Å². The van der Waals surface area contributed by atoms with E-state index in [0.717, 1.165) is 12.2 Å². The predicted octanol–water partition coefficient (Wildman–Crippen LogP) is 2.54. The number of nitrogens with two attached hydrogens (primary N) is 1. The van der Waals surface area contributed by atoms with Crippen LogP contribution in [-0.2, 0) is 6.42 Å². The average molecular weight is 208 g/mol. The Kier molecular flexibility index (Phi) is 3.44. The SMILES string of the molecule is CCc1occc1C(NN)C1CCCC1. The molecule has 1 aliphatic rings. The monoisotopic (exact) mass is 208 g/mol. The van der Waals surface area contributed by atoms with E-state index in [2.05, 4.69) is 18.4 Å². The lowest BCUT2D eigenvalue weighted by Gasteiger charge is -2.22. The van der Waals surface area contributed by atoms with Crippen LogP contribution >= 0.6 is 0 Å². The highest BCUT2D eigenvalue weighted by Gasteiger charge is 2.27. The Hall–Kier alpha value is -0.800. The Morgan fingerprint density at radius 2 is 2.27 bits per heavy atom. The van der Waals surface area contributed by atoms with Crippen molar-refractivity contribution in [3.8, 4) is 0 Å². The number of hydrogen-bond donors (Lipinski definition) is 2. The minimum absolute atomic E-state index is 0.279. The van der Waals surface area contributed by atoms with Gasteiger partial charge in [0.1, 0.15) is 5.76 Å². The Balaban J connectivity index is 2.17. The van der Waals surface area contributed by atoms with Crippen molar-refractivity contribution >= 4 is 0 Å². The summed E-state index contributed by atoms with van der Waals surface area (Å²) in [5.74, 6) is 7.43. The van der Waals surface area contributed by atoms with Gasteiger partial charge in [0.2, 0.25) is 0 Å². The van der Waals surface area contributed by atoms with Gasteiger partial charge in [-0.25, -0.2) is 0 Å². The molecule has 1 aromatic heterocycles. The molecule has 0 saturated heterocycles. The normalized spacial score (nSPS) is 19.6. The fourth-order valence-electron chi connectivity index (χ4n) is 2.69. The molecule has 84 valence electrons. The molecule has 3 N–H and O–H groups in total. The maximum Gasteiger partial charge on any atom is 0.108 e. The molecule has 3 heteroatoms. The molecule has 1 fully saturated rings. The average Bonchev–Trinajstić information content (AvgIpc) is 2.89. The molecule has 1 unspecified atom stereocenters. The molecule has 1 aliphatic carbocycles. The van der Waals surface area contributed by atoms with E-state index in [1.54, 1.807) is 6.26 Å². The molecule has 2 rings (SSSR count). The molecule has 0 aromatic carbocycles. The van der Waals surface area contributed by atoms with E-state index in [9.17, 15) is 0 Å². The number of hydrogen-bond acceptors (Lipinski definition) is 3. The van der Waals surface area contributed by atoms with E-state index in [1.807, 2.05) is 0 Å². The fraction of sp³-hybridized carbons (Fsp3) is 0.667. The molecule has 1 aromatic rings. The summed E-state index contributed by atoms with van der Waals surface area (Å²) in [5, 5.41) is 0. The molecule has 0 spiro atoms. The molecular formula is C12H20N2O.